The number of ether oxygens (including phenoxy) is 1. The number of halogens is 1. The van der Waals surface area contributed by atoms with E-state index in [9.17, 15) is 0 Å². The van der Waals surface area contributed by atoms with Crippen molar-refractivity contribution in [2.24, 2.45) is 22.1 Å². The quantitative estimate of drug-likeness (QED) is 0.482. The van der Waals surface area contributed by atoms with Gasteiger partial charge in [-0.15, -0.1) is 10.2 Å². The molecule has 0 aromatic heterocycles. The Kier molecular flexibility index (Phi) is 1.34. The standard InChI is InChI=1S/C8H11ClN2O/c9-8(10-11-8)12-7-4-5-1-2-6(7)3-5/h5-7H,1-4H2/t5-,6+,7-/m1/s1. The highest BCUT2D eigenvalue weighted by Crippen LogP contribution is 2.49. The third-order valence-corrected chi connectivity index (χ3v) is 3.47. The average Bonchev–Trinajstić information content (AvgIpc) is 2.48. The van der Waals surface area contributed by atoms with E-state index in [0.717, 1.165) is 11.8 Å². The summed E-state index contributed by atoms with van der Waals surface area (Å²) < 4.78 is 5.58. The van der Waals surface area contributed by atoms with Crippen molar-refractivity contribution >= 4 is 11.6 Å². The Bertz CT molecular complexity index is 237. The Morgan fingerprint density at radius 3 is 2.58 bits per heavy atom. The molecule has 3 nitrogen and oxygen atoms in total. The van der Waals surface area contributed by atoms with Gasteiger partial charge in [0.25, 0.3) is 0 Å². The van der Waals surface area contributed by atoms with Crippen LogP contribution in [0.25, 0.3) is 0 Å². The summed E-state index contributed by atoms with van der Waals surface area (Å²) in [6.07, 6.45) is 5.52. The fourth-order valence-electron chi connectivity index (χ4n) is 2.61. The van der Waals surface area contributed by atoms with Gasteiger partial charge in [0.1, 0.15) is 0 Å². The van der Waals surface area contributed by atoms with Crippen LogP contribution in [0.15, 0.2) is 10.2 Å². The molecular weight excluding hydrogens is 176 g/mol. The molecule has 0 radical (unpaired) electrons. The van der Waals surface area contributed by atoms with Gasteiger partial charge in [0.05, 0.1) is 6.10 Å². The van der Waals surface area contributed by atoms with E-state index in [0.29, 0.717) is 6.10 Å². The van der Waals surface area contributed by atoms with E-state index in [-0.39, 0.29) is 0 Å². The van der Waals surface area contributed by atoms with Crippen LogP contribution in [0, 0.1) is 11.8 Å². The number of fused-ring (bicyclic) bond motifs is 2. The first kappa shape index (κ1) is 7.27. The normalized spacial score (nSPS) is 46.9. The topological polar surface area (TPSA) is 34.0 Å². The van der Waals surface area contributed by atoms with Crippen molar-refractivity contribution in [3.05, 3.63) is 0 Å². The van der Waals surface area contributed by atoms with Crippen LogP contribution in [0.5, 0.6) is 0 Å². The smallest absolute Gasteiger partial charge is 0.317 e. The van der Waals surface area contributed by atoms with Crippen LogP contribution in [0.4, 0.5) is 0 Å². The molecule has 0 N–H and O–H groups in total. The predicted octanol–water partition coefficient (Wildman–Crippen LogP) is 2.51. The van der Waals surface area contributed by atoms with Gasteiger partial charge in [-0.25, -0.2) is 0 Å². The summed E-state index contributed by atoms with van der Waals surface area (Å²) in [7, 11) is 0. The van der Waals surface area contributed by atoms with Gasteiger partial charge >= 0.3 is 5.31 Å². The number of hydrogen-bond acceptors (Lipinski definition) is 3. The fraction of sp³-hybridized carbons (Fsp3) is 1.00. The number of nitrogens with zero attached hydrogens (tertiary/aromatic N) is 2. The minimum Gasteiger partial charge on any atom is -0.317 e. The lowest BCUT2D eigenvalue weighted by Gasteiger charge is -2.22. The number of hydrogen-bond donors (Lipinski definition) is 0. The van der Waals surface area contributed by atoms with Crippen molar-refractivity contribution in [3.63, 3.8) is 0 Å². The Morgan fingerprint density at radius 2 is 2.08 bits per heavy atom. The van der Waals surface area contributed by atoms with Gasteiger partial charge < -0.3 is 4.74 Å². The Labute approximate surface area is 76.1 Å². The molecule has 2 bridgehead atoms. The Balaban J connectivity index is 1.64. The molecule has 3 atom stereocenters. The van der Waals surface area contributed by atoms with Gasteiger partial charge in [0, 0.05) is 0 Å². The summed E-state index contributed by atoms with van der Waals surface area (Å²) >= 11 is 5.81. The third kappa shape index (κ3) is 1.07. The Morgan fingerprint density at radius 1 is 1.25 bits per heavy atom. The van der Waals surface area contributed by atoms with Crippen LogP contribution in [0.3, 0.4) is 0 Å². The zero-order chi connectivity index (χ0) is 8.18. The van der Waals surface area contributed by atoms with Crippen molar-refractivity contribution in [2.75, 3.05) is 0 Å². The van der Waals surface area contributed by atoms with Crippen molar-refractivity contribution in [3.8, 4) is 0 Å². The van der Waals surface area contributed by atoms with Crippen LogP contribution in [0.1, 0.15) is 25.7 Å². The minimum absolute atomic E-state index is 0.330. The molecule has 0 amide bonds. The van der Waals surface area contributed by atoms with Gasteiger partial charge in [0.2, 0.25) is 0 Å². The summed E-state index contributed by atoms with van der Waals surface area (Å²) in [5.41, 5.74) is 0. The van der Waals surface area contributed by atoms with E-state index < -0.39 is 5.31 Å². The lowest BCUT2D eigenvalue weighted by Crippen LogP contribution is -2.25. The zero-order valence-electron chi connectivity index (χ0n) is 6.74. The molecule has 2 saturated carbocycles. The molecule has 66 valence electrons. The second-order valence-electron chi connectivity index (χ2n) is 4.06. The maximum absolute atomic E-state index is 5.81. The molecule has 0 spiro atoms. The Hall–Kier alpha value is -0.150. The first-order chi connectivity index (χ1) is 5.75. The predicted molar refractivity (Wildman–Crippen MR) is 43.8 cm³/mol. The van der Waals surface area contributed by atoms with Gasteiger partial charge in [0.15, 0.2) is 0 Å². The molecule has 0 unspecified atom stereocenters. The van der Waals surface area contributed by atoms with Crippen LogP contribution in [-0.4, -0.2) is 11.4 Å². The van der Waals surface area contributed by atoms with Gasteiger partial charge in [-0.1, -0.05) is 0 Å². The van der Waals surface area contributed by atoms with E-state index in [4.69, 9.17) is 16.3 Å². The molecule has 12 heavy (non-hydrogen) atoms. The highest BCUT2D eigenvalue weighted by Gasteiger charge is 2.48. The molecule has 0 saturated heterocycles. The van der Waals surface area contributed by atoms with E-state index in [1.807, 2.05) is 0 Å². The second-order valence-corrected chi connectivity index (χ2v) is 4.55. The molecular formula is C8H11ClN2O. The number of alkyl halides is 1. The molecule has 1 heterocycles. The first-order valence-corrected chi connectivity index (χ1v) is 4.94. The maximum Gasteiger partial charge on any atom is 0.375 e. The van der Waals surface area contributed by atoms with Crippen LogP contribution in [-0.2, 0) is 4.74 Å². The minimum atomic E-state index is -0.963. The molecule has 3 rings (SSSR count). The van der Waals surface area contributed by atoms with Crippen LogP contribution in [0.2, 0.25) is 0 Å². The summed E-state index contributed by atoms with van der Waals surface area (Å²) in [6, 6.07) is 0. The fourth-order valence-corrected chi connectivity index (χ4v) is 2.76. The van der Waals surface area contributed by atoms with Crippen molar-refractivity contribution in [2.45, 2.75) is 37.1 Å². The zero-order valence-corrected chi connectivity index (χ0v) is 7.50. The third-order valence-electron chi connectivity index (χ3n) is 3.23. The summed E-state index contributed by atoms with van der Waals surface area (Å²) in [5.74, 6) is 1.62. The molecule has 0 aromatic rings. The van der Waals surface area contributed by atoms with Gasteiger partial charge in [-0.3, -0.25) is 0 Å². The monoisotopic (exact) mass is 186 g/mol. The molecule has 3 aliphatic rings. The SMILES string of the molecule is ClC1(O[C@@H]2C[C@@H]3CC[C@H]2C3)N=N1. The lowest BCUT2D eigenvalue weighted by molar-refractivity contribution is -0.0237. The van der Waals surface area contributed by atoms with Crippen molar-refractivity contribution < 1.29 is 4.74 Å². The largest absolute Gasteiger partial charge is 0.375 e. The molecule has 1 aliphatic heterocycles. The van der Waals surface area contributed by atoms with E-state index in [1.54, 1.807) is 0 Å². The molecule has 2 fully saturated rings. The molecule has 2 aliphatic carbocycles. The molecule has 0 aromatic carbocycles. The van der Waals surface area contributed by atoms with Crippen LogP contribution < -0.4 is 0 Å². The molecule has 4 heteroatoms. The summed E-state index contributed by atoms with van der Waals surface area (Å²) in [4.78, 5) is 0. The highest BCUT2D eigenvalue weighted by molar-refractivity contribution is 6.23. The summed E-state index contributed by atoms with van der Waals surface area (Å²) in [6.45, 7) is 0. The highest BCUT2D eigenvalue weighted by atomic mass is 35.5. The summed E-state index contributed by atoms with van der Waals surface area (Å²) in [5, 5.41) is 6.34. The van der Waals surface area contributed by atoms with Crippen LogP contribution >= 0.6 is 11.6 Å². The number of rotatable bonds is 2. The second kappa shape index (κ2) is 2.20. The lowest BCUT2D eigenvalue weighted by atomic mass is 9.98. The van der Waals surface area contributed by atoms with Crippen molar-refractivity contribution in [1.29, 1.82) is 0 Å². The maximum atomic E-state index is 5.81. The van der Waals surface area contributed by atoms with E-state index >= 15 is 0 Å². The average molecular weight is 187 g/mol. The van der Waals surface area contributed by atoms with Gasteiger partial charge in [-0.2, -0.15) is 0 Å². The first-order valence-electron chi connectivity index (χ1n) is 4.56. The van der Waals surface area contributed by atoms with Crippen molar-refractivity contribution in [1.82, 2.24) is 0 Å². The van der Waals surface area contributed by atoms with E-state index in [2.05, 4.69) is 10.2 Å². The van der Waals surface area contributed by atoms with E-state index in [1.165, 1.54) is 25.7 Å². The van der Waals surface area contributed by atoms with Gasteiger partial charge in [-0.05, 0) is 49.1 Å².